The molecule has 0 aliphatic rings. The number of anilines is 1. The molecule has 6 heteroatoms. The zero-order chi connectivity index (χ0) is 14.0. The predicted molar refractivity (Wildman–Crippen MR) is 78.4 cm³/mol. The minimum Gasteiger partial charge on any atom is -0.376 e. The summed E-state index contributed by atoms with van der Waals surface area (Å²) in [6.45, 7) is 4.05. The van der Waals surface area contributed by atoms with Gasteiger partial charge in [-0.25, -0.2) is 13.4 Å². The molecule has 0 radical (unpaired) electrons. The quantitative estimate of drug-likeness (QED) is 0.942. The molecule has 0 amide bonds. The average Bonchev–Trinajstić information content (AvgIpc) is 2.75. The summed E-state index contributed by atoms with van der Waals surface area (Å²) in [5, 5.41) is 4.32. The molecule has 1 atom stereocenters. The standard InChI is InChI=1S/C13H16N2O2S2/c1-9-8-14-13(18-9)10(2)15-11-4-6-12(7-5-11)19(3,16)17/h4-8,10,15H,1-3H3. The van der Waals surface area contributed by atoms with E-state index in [0.717, 1.165) is 10.7 Å². The fraction of sp³-hybridized carbons (Fsp3) is 0.308. The number of sulfone groups is 1. The van der Waals surface area contributed by atoms with E-state index in [9.17, 15) is 8.42 Å². The third-order valence-electron chi connectivity index (χ3n) is 2.68. The van der Waals surface area contributed by atoms with Crippen molar-refractivity contribution in [2.45, 2.75) is 24.8 Å². The minimum absolute atomic E-state index is 0.0998. The van der Waals surface area contributed by atoms with Gasteiger partial charge in [0.2, 0.25) is 0 Å². The first-order chi connectivity index (χ1) is 8.86. The number of aromatic nitrogens is 1. The van der Waals surface area contributed by atoms with Crippen LogP contribution in [0.25, 0.3) is 0 Å². The molecule has 0 aliphatic heterocycles. The summed E-state index contributed by atoms with van der Waals surface area (Å²) in [6.07, 6.45) is 3.06. The van der Waals surface area contributed by atoms with Crippen LogP contribution in [0, 0.1) is 6.92 Å². The van der Waals surface area contributed by atoms with Crippen molar-refractivity contribution < 1.29 is 8.42 Å². The van der Waals surface area contributed by atoms with Crippen LogP contribution in [0.5, 0.6) is 0 Å². The van der Waals surface area contributed by atoms with Gasteiger partial charge in [0.05, 0.1) is 10.9 Å². The second kappa shape index (κ2) is 5.30. The van der Waals surface area contributed by atoms with Crippen molar-refractivity contribution in [3.8, 4) is 0 Å². The first kappa shape index (κ1) is 14.0. The lowest BCUT2D eigenvalue weighted by Crippen LogP contribution is -2.06. The molecule has 1 heterocycles. The molecular weight excluding hydrogens is 280 g/mol. The van der Waals surface area contributed by atoms with Gasteiger partial charge in [-0.2, -0.15) is 0 Å². The SMILES string of the molecule is Cc1cnc(C(C)Nc2ccc(S(C)(=O)=O)cc2)s1. The summed E-state index contributed by atoms with van der Waals surface area (Å²) in [5.74, 6) is 0. The highest BCUT2D eigenvalue weighted by atomic mass is 32.2. The molecule has 4 nitrogen and oxygen atoms in total. The van der Waals surface area contributed by atoms with Crippen LogP contribution in [0.2, 0.25) is 0 Å². The second-order valence-corrected chi connectivity index (χ2v) is 7.75. The third kappa shape index (κ3) is 3.54. The van der Waals surface area contributed by atoms with Crippen molar-refractivity contribution in [2.75, 3.05) is 11.6 Å². The molecule has 0 saturated carbocycles. The summed E-state index contributed by atoms with van der Waals surface area (Å²) in [6, 6.07) is 6.86. The molecule has 19 heavy (non-hydrogen) atoms. The van der Waals surface area contributed by atoms with E-state index in [1.54, 1.807) is 35.6 Å². The van der Waals surface area contributed by atoms with E-state index in [0.29, 0.717) is 4.90 Å². The van der Waals surface area contributed by atoms with E-state index >= 15 is 0 Å². The number of rotatable bonds is 4. The van der Waals surface area contributed by atoms with Gasteiger partial charge in [0.15, 0.2) is 9.84 Å². The molecule has 0 spiro atoms. The highest BCUT2D eigenvalue weighted by Crippen LogP contribution is 2.23. The third-order valence-corrected chi connectivity index (χ3v) is 4.90. The number of hydrogen-bond acceptors (Lipinski definition) is 5. The normalized spacial score (nSPS) is 13.2. The van der Waals surface area contributed by atoms with Crippen molar-refractivity contribution in [3.63, 3.8) is 0 Å². The molecule has 0 fully saturated rings. The van der Waals surface area contributed by atoms with Gasteiger partial charge in [-0.05, 0) is 38.1 Å². The van der Waals surface area contributed by atoms with Gasteiger partial charge in [0.25, 0.3) is 0 Å². The van der Waals surface area contributed by atoms with E-state index in [2.05, 4.69) is 10.3 Å². The monoisotopic (exact) mass is 296 g/mol. The van der Waals surface area contributed by atoms with Crippen molar-refractivity contribution in [2.24, 2.45) is 0 Å². The Morgan fingerprint density at radius 3 is 2.37 bits per heavy atom. The molecule has 102 valence electrons. The maximum absolute atomic E-state index is 11.4. The summed E-state index contributed by atoms with van der Waals surface area (Å²) in [7, 11) is -3.13. The van der Waals surface area contributed by atoms with Crippen molar-refractivity contribution in [3.05, 3.63) is 40.3 Å². The van der Waals surface area contributed by atoms with Gasteiger partial charge in [-0.3, -0.25) is 0 Å². The fourth-order valence-electron chi connectivity index (χ4n) is 1.68. The van der Waals surface area contributed by atoms with Gasteiger partial charge >= 0.3 is 0 Å². The summed E-state index contributed by atoms with van der Waals surface area (Å²) in [4.78, 5) is 5.84. The van der Waals surface area contributed by atoms with Gasteiger partial charge in [-0.15, -0.1) is 11.3 Å². The Bertz CT molecular complexity index is 660. The number of benzene rings is 1. The summed E-state index contributed by atoms with van der Waals surface area (Å²) < 4.78 is 22.7. The molecule has 1 aromatic carbocycles. The lowest BCUT2D eigenvalue weighted by atomic mass is 10.3. The largest absolute Gasteiger partial charge is 0.376 e. The fourth-order valence-corrected chi connectivity index (χ4v) is 3.09. The van der Waals surface area contributed by atoms with E-state index < -0.39 is 9.84 Å². The molecule has 1 N–H and O–H groups in total. The zero-order valence-corrected chi connectivity index (χ0v) is 12.7. The maximum atomic E-state index is 11.4. The van der Waals surface area contributed by atoms with Crippen molar-refractivity contribution >= 4 is 26.9 Å². The Morgan fingerprint density at radius 1 is 1.26 bits per heavy atom. The number of nitrogens with one attached hydrogen (secondary N) is 1. The van der Waals surface area contributed by atoms with E-state index in [1.807, 2.05) is 20.0 Å². The highest BCUT2D eigenvalue weighted by Gasteiger charge is 2.10. The summed E-state index contributed by atoms with van der Waals surface area (Å²) in [5.41, 5.74) is 0.882. The molecule has 1 aromatic heterocycles. The molecular formula is C13H16N2O2S2. The van der Waals surface area contributed by atoms with Crippen LogP contribution in [-0.2, 0) is 9.84 Å². The topological polar surface area (TPSA) is 59.1 Å². The Hall–Kier alpha value is -1.40. The van der Waals surface area contributed by atoms with Crippen LogP contribution < -0.4 is 5.32 Å². The Labute approximate surface area is 117 Å². The van der Waals surface area contributed by atoms with E-state index in [4.69, 9.17) is 0 Å². The van der Waals surface area contributed by atoms with Crippen LogP contribution >= 0.6 is 11.3 Å². The zero-order valence-electron chi connectivity index (χ0n) is 11.0. The first-order valence-electron chi connectivity index (χ1n) is 5.85. The highest BCUT2D eigenvalue weighted by molar-refractivity contribution is 7.90. The number of hydrogen-bond donors (Lipinski definition) is 1. The van der Waals surface area contributed by atoms with Crippen LogP contribution in [0.4, 0.5) is 5.69 Å². The van der Waals surface area contributed by atoms with Gasteiger partial charge in [-0.1, -0.05) is 0 Å². The van der Waals surface area contributed by atoms with Gasteiger partial charge in [0.1, 0.15) is 5.01 Å². The van der Waals surface area contributed by atoms with Gasteiger partial charge in [0, 0.05) is 23.0 Å². The maximum Gasteiger partial charge on any atom is 0.175 e. The van der Waals surface area contributed by atoms with Crippen LogP contribution in [0.3, 0.4) is 0 Å². The van der Waals surface area contributed by atoms with Crippen molar-refractivity contribution in [1.82, 2.24) is 4.98 Å². The minimum atomic E-state index is -3.13. The van der Waals surface area contributed by atoms with Crippen LogP contribution in [-0.4, -0.2) is 19.7 Å². The van der Waals surface area contributed by atoms with E-state index in [-0.39, 0.29) is 6.04 Å². The Kier molecular flexibility index (Phi) is 3.91. The molecule has 0 saturated heterocycles. The molecule has 0 aliphatic carbocycles. The predicted octanol–water partition coefficient (Wildman–Crippen LogP) is 3.03. The Balaban J connectivity index is 2.12. The molecule has 2 aromatic rings. The number of thiazole rings is 1. The molecule has 0 bridgehead atoms. The Morgan fingerprint density at radius 2 is 1.89 bits per heavy atom. The lowest BCUT2D eigenvalue weighted by Gasteiger charge is -2.12. The van der Waals surface area contributed by atoms with Gasteiger partial charge < -0.3 is 5.32 Å². The first-order valence-corrected chi connectivity index (χ1v) is 8.56. The van der Waals surface area contributed by atoms with Crippen LogP contribution in [0.1, 0.15) is 22.9 Å². The molecule has 2 rings (SSSR count). The second-order valence-electron chi connectivity index (χ2n) is 4.47. The smallest absolute Gasteiger partial charge is 0.175 e. The lowest BCUT2D eigenvalue weighted by molar-refractivity contribution is 0.602. The number of nitrogens with zero attached hydrogens (tertiary/aromatic N) is 1. The van der Waals surface area contributed by atoms with Crippen molar-refractivity contribution in [1.29, 1.82) is 0 Å². The van der Waals surface area contributed by atoms with E-state index in [1.165, 1.54) is 11.1 Å². The van der Waals surface area contributed by atoms with Crippen LogP contribution in [0.15, 0.2) is 35.4 Å². The molecule has 1 unspecified atom stereocenters. The summed E-state index contributed by atoms with van der Waals surface area (Å²) >= 11 is 1.65. The number of aryl methyl sites for hydroxylation is 1. The average molecular weight is 296 g/mol.